The highest BCUT2D eigenvalue weighted by Crippen LogP contribution is 2.29. The van der Waals surface area contributed by atoms with Gasteiger partial charge in [0.1, 0.15) is 0 Å². The van der Waals surface area contributed by atoms with E-state index in [1.807, 2.05) is 71.6 Å². The van der Waals surface area contributed by atoms with Gasteiger partial charge in [0.25, 0.3) is 11.1 Å². The molecule has 1 aromatic heterocycles. The molecule has 8 nitrogen and oxygen atoms in total. The minimum absolute atomic E-state index is 0.0665. The largest absolute Gasteiger partial charge is 0.411 e. The van der Waals surface area contributed by atoms with Crippen LogP contribution >= 0.6 is 23.4 Å². The first kappa shape index (κ1) is 24.9. The molecule has 0 radical (unpaired) electrons. The summed E-state index contributed by atoms with van der Waals surface area (Å²) in [5.74, 6) is 0.331. The first-order valence-electron chi connectivity index (χ1n) is 11.8. The van der Waals surface area contributed by atoms with Crippen LogP contribution in [0.3, 0.4) is 0 Å². The fourth-order valence-corrected chi connectivity index (χ4v) is 4.80. The Morgan fingerprint density at radius 2 is 1.59 bits per heavy atom. The van der Waals surface area contributed by atoms with Crippen LogP contribution in [0.1, 0.15) is 10.4 Å². The highest BCUT2D eigenvalue weighted by Gasteiger charge is 2.22. The summed E-state index contributed by atoms with van der Waals surface area (Å²) in [7, 11) is 0. The number of aromatic nitrogens is 2. The normalized spacial score (nSPS) is 13.4. The Kier molecular flexibility index (Phi) is 7.72. The molecule has 37 heavy (non-hydrogen) atoms. The molecule has 0 bridgehead atoms. The maximum Gasteiger partial charge on any atom is 0.277 e. The van der Waals surface area contributed by atoms with Crippen LogP contribution in [0, 0.1) is 0 Å². The summed E-state index contributed by atoms with van der Waals surface area (Å²) in [6.45, 7) is 2.83. The molecule has 3 aromatic carbocycles. The van der Waals surface area contributed by atoms with Crippen molar-refractivity contribution in [3.05, 3.63) is 89.4 Å². The molecule has 188 valence electrons. The molecular formula is C27H24ClN5O3S. The molecule has 1 fully saturated rings. The fraction of sp³-hybridized carbons (Fsp3) is 0.185. The lowest BCUT2D eigenvalue weighted by molar-refractivity contribution is -0.113. The van der Waals surface area contributed by atoms with Gasteiger partial charge in [0.15, 0.2) is 0 Å². The van der Waals surface area contributed by atoms with E-state index in [0.717, 1.165) is 30.5 Å². The Morgan fingerprint density at radius 3 is 2.32 bits per heavy atom. The van der Waals surface area contributed by atoms with Gasteiger partial charge in [-0.15, -0.1) is 10.2 Å². The summed E-state index contributed by atoms with van der Waals surface area (Å²) in [6.07, 6.45) is 0. The summed E-state index contributed by atoms with van der Waals surface area (Å²) < 4.78 is 5.63. The number of thioether (sulfide) groups is 1. The van der Waals surface area contributed by atoms with Gasteiger partial charge in [0.2, 0.25) is 11.8 Å². The van der Waals surface area contributed by atoms with Crippen molar-refractivity contribution in [2.45, 2.75) is 5.22 Å². The van der Waals surface area contributed by atoms with Crippen molar-refractivity contribution in [3.8, 4) is 11.5 Å². The fourth-order valence-electron chi connectivity index (χ4n) is 4.02. The second kappa shape index (κ2) is 11.5. The third-order valence-corrected chi connectivity index (χ3v) is 7.09. The third kappa shape index (κ3) is 6.12. The molecular weight excluding hydrogens is 510 g/mol. The third-order valence-electron chi connectivity index (χ3n) is 5.94. The van der Waals surface area contributed by atoms with Crippen molar-refractivity contribution in [1.29, 1.82) is 0 Å². The molecule has 1 aliphatic rings. The Morgan fingerprint density at radius 1 is 0.892 bits per heavy atom. The van der Waals surface area contributed by atoms with Crippen LogP contribution in [0.4, 0.5) is 11.4 Å². The van der Waals surface area contributed by atoms with Crippen LogP contribution in [0.2, 0.25) is 5.02 Å². The second-order valence-corrected chi connectivity index (χ2v) is 9.72. The van der Waals surface area contributed by atoms with Crippen molar-refractivity contribution in [2.75, 3.05) is 42.1 Å². The van der Waals surface area contributed by atoms with E-state index in [2.05, 4.69) is 20.4 Å². The average Bonchev–Trinajstić information content (AvgIpc) is 3.42. The van der Waals surface area contributed by atoms with E-state index in [9.17, 15) is 9.59 Å². The van der Waals surface area contributed by atoms with Crippen LogP contribution in [-0.2, 0) is 4.79 Å². The molecule has 0 unspecified atom stereocenters. The number of carbonyl (C=O) groups is 2. The van der Waals surface area contributed by atoms with Gasteiger partial charge >= 0.3 is 0 Å². The Balaban J connectivity index is 1.09. The summed E-state index contributed by atoms with van der Waals surface area (Å²) in [5.41, 5.74) is 3.12. The van der Waals surface area contributed by atoms with Crippen molar-refractivity contribution < 1.29 is 14.0 Å². The number of anilines is 2. The van der Waals surface area contributed by atoms with E-state index in [1.165, 1.54) is 0 Å². The lowest BCUT2D eigenvalue weighted by Crippen LogP contribution is -2.48. The van der Waals surface area contributed by atoms with Crippen molar-refractivity contribution >= 4 is 46.6 Å². The predicted octanol–water partition coefficient (Wildman–Crippen LogP) is 5.08. The molecule has 10 heteroatoms. The molecule has 0 spiro atoms. The highest BCUT2D eigenvalue weighted by molar-refractivity contribution is 7.99. The van der Waals surface area contributed by atoms with Gasteiger partial charge in [-0.1, -0.05) is 53.7 Å². The zero-order valence-corrected chi connectivity index (χ0v) is 21.4. The van der Waals surface area contributed by atoms with Gasteiger partial charge in [0.05, 0.1) is 16.3 Å². The van der Waals surface area contributed by atoms with E-state index in [-0.39, 0.29) is 17.6 Å². The Labute approximate surface area is 223 Å². The number of carbonyl (C=O) groups excluding carboxylic acids is 2. The van der Waals surface area contributed by atoms with E-state index in [1.54, 1.807) is 12.1 Å². The van der Waals surface area contributed by atoms with Gasteiger partial charge in [-0.25, -0.2) is 0 Å². The number of halogens is 1. The van der Waals surface area contributed by atoms with Crippen LogP contribution in [0.25, 0.3) is 11.5 Å². The summed E-state index contributed by atoms with van der Waals surface area (Å²) >= 11 is 7.33. The first-order chi connectivity index (χ1) is 18.1. The SMILES string of the molecule is O=C(CSc1nnc(-c2ccccc2Cl)o1)Nc1ccc(N2CCN(C(=O)c3ccccc3)CC2)cc1. The second-order valence-electron chi connectivity index (χ2n) is 8.38. The standard InChI is InChI=1S/C27H24ClN5O3S/c28-23-9-5-4-8-22(23)25-30-31-27(36-25)37-18-24(34)29-20-10-12-21(13-11-20)32-14-16-33(17-15-32)26(35)19-6-2-1-3-7-19/h1-13H,14-18H2,(H,29,34). The number of benzene rings is 3. The summed E-state index contributed by atoms with van der Waals surface area (Å²) in [6, 6.07) is 24.3. The summed E-state index contributed by atoms with van der Waals surface area (Å²) in [5, 5.41) is 11.7. The van der Waals surface area contributed by atoms with Crippen LogP contribution < -0.4 is 10.2 Å². The van der Waals surface area contributed by atoms with E-state index in [0.29, 0.717) is 46.0 Å². The number of nitrogens with zero attached hydrogens (tertiary/aromatic N) is 4. The highest BCUT2D eigenvalue weighted by atomic mass is 35.5. The number of rotatable bonds is 7. The van der Waals surface area contributed by atoms with Crippen molar-refractivity contribution in [2.24, 2.45) is 0 Å². The van der Waals surface area contributed by atoms with Crippen LogP contribution in [-0.4, -0.2) is 58.8 Å². The van der Waals surface area contributed by atoms with Gasteiger partial charge in [0, 0.05) is 43.1 Å². The molecule has 0 saturated carbocycles. The first-order valence-corrected chi connectivity index (χ1v) is 13.1. The molecule has 1 N–H and O–H groups in total. The van der Waals surface area contributed by atoms with Crippen LogP contribution in [0.5, 0.6) is 0 Å². The minimum atomic E-state index is -0.178. The van der Waals surface area contributed by atoms with Gasteiger partial charge < -0.3 is 19.5 Å². The Bertz CT molecular complexity index is 1370. The predicted molar refractivity (Wildman–Crippen MR) is 145 cm³/mol. The smallest absolute Gasteiger partial charge is 0.277 e. The monoisotopic (exact) mass is 533 g/mol. The van der Waals surface area contributed by atoms with Crippen molar-refractivity contribution in [3.63, 3.8) is 0 Å². The topological polar surface area (TPSA) is 91.6 Å². The number of amides is 2. The van der Waals surface area contributed by atoms with E-state index >= 15 is 0 Å². The van der Waals surface area contributed by atoms with Crippen LogP contribution in [0.15, 0.2) is 88.5 Å². The molecule has 2 heterocycles. The molecule has 0 atom stereocenters. The van der Waals surface area contributed by atoms with E-state index in [4.69, 9.17) is 16.0 Å². The summed E-state index contributed by atoms with van der Waals surface area (Å²) in [4.78, 5) is 29.2. The van der Waals surface area contributed by atoms with E-state index < -0.39 is 0 Å². The quantitative estimate of drug-likeness (QED) is 0.331. The van der Waals surface area contributed by atoms with Gasteiger partial charge in [-0.05, 0) is 48.5 Å². The molecule has 2 amide bonds. The maximum atomic E-state index is 12.7. The molecule has 1 aliphatic heterocycles. The lowest BCUT2D eigenvalue weighted by Gasteiger charge is -2.36. The minimum Gasteiger partial charge on any atom is -0.411 e. The van der Waals surface area contributed by atoms with Crippen molar-refractivity contribution in [1.82, 2.24) is 15.1 Å². The number of piperazine rings is 1. The number of hydrogen-bond acceptors (Lipinski definition) is 7. The average molecular weight is 534 g/mol. The number of hydrogen-bond donors (Lipinski definition) is 1. The number of nitrogens with one attached hydrogen (secondary N) is 1. The van der Waals surface area contributed by atoms with Gasteiger partial charge in [-0.2, -0.15) is 0 Å². The lowest BCUT2D eigenvalue weighted by atomic mass is 10.1. The zero-order chi connectivity index (χ0) is 25.6. The Hall–Kier alpha value is -3.82. The molecule has 1 saturated heterocycles. The maximum absolute atomic E-state index is 12.7. The molecule has 0 aliphatic carbocycles. The van der Waals surface area contributed by atoms with Gasteiger partial charge in [-0.3, -0.25) is 9.59 Å². The molecule has 5 rings (SSSR count). The molecule has 4 aromatic rings. The zero-order valence-electron chi connectivity index (χ0n) is 19.8.